The van der Waals surface area contributed by atoms with Gasteiger partial charge in [-0.15, -0.1) is 11.3 Å². The monoisotopic (exact) mass is 226 g/mol. The van der Waals surface area contributed by atoms with E-state index in [1.54, 1.807) is 11.3 Å². The summed E-state index contributed by atoms with van der Waals surface area (Å²) in [4.78, 5) is 18.3. The van der Waals surface area contributed by atoms with Gasteiger partial charge in [-0.1, -0.05) is 20.8 Å². The summed E-state index contributed by atoms with van der Waals surface area (Å²) in [6.07, 6.45) is 0. The van der Waals surface area contributed by atoms with Crippen LogP contribution in [0.15, 0.2) is 5.38 Å². The molecule has 1 rings (SSSR count). The zero-order chi connectivity index (χ0) is 11.6. The van der Waals surface area contributed by atoms with Crippen molar-refractivity contribution in [2.45, 2.75) is 27.3 Å². The first-order valence-corrected chi connectivity index (χ1v) is 5.82. The Morgan fingerprint density at radius 3 is 2.53 bits per heavy atom. The summed E-state index contributed by atoms with van der Waals surface area (Å²) in [6, 6.07) is 0. The van der Waals surface area contributed by atoms with Crippen LogP contribution < -0.4 is 0 Å². The van der Waals surface area contributed by atoms with Crippen molar-refractivity contribution in [2.24, 2.45) is 5.41 Å². The van der Waals surface area contributed by atoms with Crippen LogP contribution in [0.1, 0.15) is 36.3 Å². The molecule has 0 aromatic carbocycles. The number of carbonyl (C=O) groups excluding carboxylic acids is 1. The van der Waals surface area contributed by atoms with Gasteiger partial charge in [0.15, 0.2) is 5.78 Å². The first-order chi connectivity index (χ1) is 6.80. The molecule has 0 saturated heterocycles. The molecular formula is C11H18N2OS. The fourth-order valence-electron chi connectivity index (χ4n) is 1.14. The summed E-state index contributed by atoms with van der Waals surface area (Å²) in [6.45, 7) is 6.54. The highest BCUT2D eigenvalue weighted by atomic mass is 32.1. The zero-order valence-corrected chi connectivity index (χ0v) is 10.8. The SMILES string of the molecule is CN(C)Cc1nc(C(=O)C(C)(C)C)cs1. The Bertz CT molecular complexity index is 350. The molecule has 0 radical (unpaired) electrons. The second kappa shape index (κ2) is 4.41. The molecule has 0 spiro atoms. The maximum atomic E-state index is 11.9. The quantitative estimate of drug-likeness (QED) is 0.742. The first kappa shape index (κ1) is 12.3. The lowest BCUT2D eigenvalue weighted by Crippen LogP contribution is -2.20. The summed E-state index contributed by atoms with van der Waals surface area (Å²) in [5.74, 6) is 0.115. The lowest BCUT2D eigenvalue weighted by Gasteiger charge is -2.14. The van der Waals surface area contributed by atoms with Crippen LogP contribution in [0.3, 0.4) is 0 Å². The van der Waals surface area contributed by atoms with E-state index in [1.807, 2.05) is 45.1 Å². The third-order valence-corrected chi connectivity index (χ3v) is 2.75. The van der Waals surface area contributed by atoms with Crippen LogP contribution in [0.4, 0.5) is 0 Å². The summed E-state index contributed by atoms with van der Waals surface area (Å²) in [5.41, 5.74) is 0.257. The van der Waals surface area contributed by atoms with Crippen LogP contribution in [0.2, 0.25) is 0 Å². The molecule has 4 heteroatoms. The standard InChI is InChI=1S/C11H18N2OS/c1-11(2,3)10(14)8-7-15-9(12-8)6-13(4)5/h7H,6H2,1-5H3. The van der Waals surface area contributed by atoms with Gasteiger partial charge in [0.25, 0.3) is 0 Å². The van der Waals surface area contributed by atoms with Gasteiger partial charge in [0, 0.05) is 17.3 Å². The molecule has 1 aromatic rings. The first-order valence-electron chi connectivity index (χ1n) is 4.94. The lowest BCUT2D eigenvalue weighted by atomic mass is 9.89. The van der Waals surface area contributed by atoms with Gasteiger partial charge in [-0.3, -0.25) is 4.79 Å². The van der Waals surface area contributed by atoms with E-state index in [1.165, 1.54) is 0 Å². The zero-order valence-electron chi connectivity index (χ0n) is 10.00. The van der Waals surface area contributed by atoms with Crippen molar-refractivity contribution in [1.82, 2.24) is 9.88 Å². The minimum Gasteiger partial charge on any atom is -0.303 e. The number of Topliss-reactive ketones (excluding diaryl/α,β-unsaturated/α-hetero) is 1. The van der Waals surface area contributed by atoms with E-state index in [0.29, 0.717) is 5.69 Å². The van der Waals surface area contributed by atoms with Gasteiger partial charge in [-0.05, 0) is 14.1 Å². The number of nitrogens with zero attached hydrogens (tertiary/aromatic N) is 2. The topological polar surface area (TPSA) is 33.2 Å². The van der Waals surface area contributed by atoms with E-state index in [2.05, 4.69) is 4.98 Å². The summed E-state index contributed by atoms with van der Waals surface area (Å²) >= 11 is 1.55. The van der Waals surface area contributed by atoms with Crippen molar-refractivity contribution in [2.75, 3.05) is 14.1 Å². The molecule has 0 N–H and O–H groups in total. The van der Waals surface area contributed by atoms with Gasteiger partial charge in [0.1, 0.15) is 10.7 Å². The van der Waals surface area contributed by atoms with Gasteiger partial charge in [-0.2, -0.15) is 0 Å². The lowest BCUT2D eigenvalue weighted by molar-refractivity contribution is 0.0853. The van der Waals surface area contributed by atoms with Gasteiger partial charge >= 0.3 is 0 Å². The molecule has 0 aliphatic heterocycles. The highest BCUT2D eigenvalue weighted by Gasteiger charge is 2.25. The Labute approximate surface area is 95.1 Å². The second-order valence-corrected chi connectivity index (χ2v) is 5.89. The fraction of sp³-hybridized carbons (Fsp3) is 0.636. The number of rotatable bonds is 3. The average Bonchev–Trinajstić information content (AvgIpc) is 2.48. The predicted molar refractivity (Wildman–Crippen MR) is 63.3 cm³/mol. The fourth-order valence-corrected chi connectivity index (χ4v) is 2.03. The highest BCUT2D eigenvalue weighted by Crippen LogP contribution is 2.22. The van der Waals surface area contributed by atoms with Crippen LogP contribution in [0.5, 0.6) is 0 Å². The third kappa shape index (κ3) is 3.39. The molecule has 0 atom stereocenters. The van der Waals surface area contributed by atoms with Gasteiger partial charge < -0.3 is 4.90 Å². The van der Waals surface area contributed by atoms with Crippen molar-refractivity contribution >= 4 is 17.1 Å². The molecular weight excluding hydrogens is 208 g/mol. The predicted octanol–water partition coefficient (Wildman–Crippen LogP) is 2.43. The van der Waals surface area contributed by atoms with Crippen molar-refractivity contribution in [1.29, 1.82) is 0 Å². The molecule has 0 aliphatic carbocycles. The smallest absolute Gasteiger partial charge is 0.187 e. The minimum absolute atomic E-state index is 0.115. The molecule has 0 aliphatic rings. The number of thiazole rings is 1. The normalized spacial score (nSPS) is 12.1. The number of hydrogen-bond acceptors (Lipinski definition) is 4. The minimum atomic E-state index is -0.344. The van der Waals surface area contributed by atoms with Crippen molar-refractivity contribution in [3.8, 4) is 0 Å². The number of aromatic nitrogens is 1. The number of ketones is 1. The van der Waals surface area contributed by atoms with Crippen molar-refractivity contribution in [3.05, 3.63) is 16.1 Å². The molecule has 1 aromatic heterocycles. The molecule has 0 amide bonds. The second-order valence-electron chi connectivity index (χ2n) is 4.94. The summed E-state index contributed by atoms with van der Waals surface area (Å²) < 4.78 is 0. The Hall–Kier alpha value is -0.740. The molecule has 1 heterocycles. The van der Waals surface area contributed by atoms with Crippen LogP contribution in [-0.2, 0) is 6.54 Å². The Morgan fingerprint density at radius 2 is 2.07 bits per heavy atom. The molecule has 84 valence electrons. The van der Waals surface area contributed by atoms with E-state index >= 15 is 0 Å². The summed E-state index contributed by atoms with van der Waals surface area (Å²) in [7, 11) is 3.99. The van der Waals surface area contributed by atoms with E-state index in [0.717, 1.165) is 11.6 Å². The van der Waals surface area contributed by atoms with Gasteiger partial charge in [-0.25, -0.2) is 4.98 Å². The largest absolute Gasteiger partial charge is 0.303 e. The van der Waals surface area contributed by atoms with Crippen LogP contribution >= 0.6 is 11.3 Å². The van der Waals surface area contributed by atoms with E-state index < -0.39 is 0 Å². The van der Waals surface area contributed by atoms with Crippen LogP contribution in [-0.4, -0.2) is 29.8 Å². The van der Waals surface area contributed by atoms with Crippen LogP contribution in [0.25, 0.3) is 0 Å². The van der Waals surface area contributed by atoms with Crippen LogP contribution in [0, 0.1) is 5.41 Å². The van der Waals surface area contributed by atoms with Gasteiger partial charge in [0.05, 0.1) is 0 Å². The van der Waals surface area contributed by atoms with Gasteiger partial charge in [0.2, 0.25) is 0 Å². The van der Waals surface area contributed by atoms with Crippen molar-refractivity contribution < 1.29 is 4.79 Å². The molecule has 0 bridgehead atoms. The summed E-state index contributed by atoms with van der Waals surface area (Å²) in [5, 5.41) is 2.85. The van der Waals surface area contributed by atoms with E-state index in [4.69, 9.17) is 0 Å². The molecule has 3 nitrogen and oxygen atoms in total. The molecule has 0 unspecified atom stereocenters. The third-order valence-electron chi connectivity index (χ3n) is 1.92. The number of hydrogen-bond donors (Lipinski definition) is 0. The molecule has 0 fully saturated rings. The maximum Gasteiger partial charge on any atom is 0.187 e. The Kier molecular flexibility index (Phi) is 3.62. The molecule has 15 heavy (non-hydrogen) atoms. The maximum absolute atomic E-state index is 11.9. The molecule has 0 saturated carbocycles. The van der Waals surface area contributed by atoms with E-state index in [-0.39, 0.29) is 11.2 Å². The van der Waals surface area contributed by atoms with Crippen molar-refractivity contribution in [3.63, 3.8) is 0 Å². The highest BCUT2D eigenvalue weighted by molar-refractivity contribution is 7.09. The average molecular weight is 226 g/mol. The Morgan fingerprint density at radius 1 is 1.47 bits per heavy atom. The number of carbonyl (C=O) groups is 1. The Balaban J connectivity index is 2.81. The van der Waals surface area contributed by atoms with E-state index in [9.17, 15) is 4.79 Å².